The molecule has 0 aliphatic carbocycles. The fraction of sp³-hybridized carbons (Fsp3) is 0.143. The van der Waals surface area contributed by atoms with Crippen molar-refractivity contribution in [3.8, 4) is 0 Å². The number of hydrogen-bond acceptors (Lipinski definition) is 2. The highest BCUT2D eigenvalue weighted by atomic mass is 19.1. The lowest BCUT2D eigenvalue weighted by molar-refractivity contribution is 0.0982. The standard InChI is InChI=1S/C14H12F2N2O/c1-2-18(11-6-3-5-10(15)9-11)14(19)12-7-4-8-13(16)17-12/h3-9H,2H2,1H3. The highest BCUT2D eigenvalue weighted by Crippen LogP contribution is 2.17. The Morgan fingerprint density at radius 3 is 2.58 bits per heavy atom. The Morgan fingerprint density at radius 2 is 1.95 bits per heavy atom. The van der Waals surface area contributed by atoms with E-state index >= 15 is 0 Å². The van der Waals surface area contributed by atoms with Crippen LogP contribution in [0.15, 0.2) is 42.5 Å². The van der Waals surface area contributed by atoms with Gasteiger partial charge < -0.3 is 4.90 Å². The molecule has 0 saturated carbocycles. The van der Waals surface area contributed by atoms with Crippen LogP contribution in [0.4, 0.5) is 14.5 Å². The van der Waals surface area contributed by atoms with Gasteiger partial charge in [0.1, 0.15) is 11.5 Å². The predicted octanol–water partition coefficient (Wildman–Crippen LogP) is 3.03. The Morgan fingerprint density at radius 1 is 1.21 bits per heavy atom. The molecule has 2 aromatic rings. The van der Waals surface area contributed by atoms with Gasteiger partial charge in [-0.25, -0.2) is 9.37 Å². The highest BCUT2D eigenvalue weighted by Gasteiger charge is 2.18. The van der Waals surface area contributed by atoms with E-state index in [1.54, 1.807) is 13.0 Å². The summed E-state index contributed by atoms with van der Waals surface area (Å²) in [4.78, 5) is 17.1. The summed E-state index contributed by atoms with van der Waals surface area (Å²) in [6, 6.07) is 9.67. The summed E-state index contributed by atoms with van der Waals surface area (Å²) < 4.78 is 26.2. The third-order valence-corrected chi connectivity index (χ3v) is 2.62. The first-order valence-corrected chi connectivity index (χ1v) is 5.82. The van der Waals surface area contributed by atoms with Gasteiger partial charge in [0.25, 0.3) is 5.91 Å². The number of anilines is 1. The molecule has 0 bridgehead atoms. The molecule has 0 fully saturated rings. The fourth-order valence-corrected chi connectivity index (χ4v) is 1.75. The maximum Gasteiger partial charge on any atom is 0.276 e. The second kappa shape index (κ2) is 5.56. The van der Waals surface area contributed by atoms with Gasteiger partial charge in [0, 0.05) is 12.2 Å². The molecule has 98 valence electrons. The van der Waals surface area contributed by atoms with Crippen molar-refractivity contribution in [2.24, 2.45) is 0 Å². The number of halogens is 2. The number of nitrogens with zero attached hydrogens (tertiary/aromatic N) is 2. The van der Waals surface area contributed by atoms with Gasteiger partial charge in [0.05, 0.1) is 0 Å². The van der Waals surface area contributed by atoms with E-state index < -0.39 is 17.7 Å². The van der Waals surface area contributed by atoms with E-state index in [4.69, 9.17) is 0 Å². The number of carbonyl (C=O) groups excluding carboxylic acids is 1. The minimum absolute atomic E-state index is 0.00823. The molecule has 0 unspecified atom stereocenters. The van der Waals surface area contributed by atoms with Crippen molar-refractivity contribution in [1.82, 2.24) is 4.98 Å². The van der Waals surface area contributed by atoms with E-state index in [1.165, 1.54) is 35.2 Å². The van der Waals surface area contributed by atoms with Crippen molar-refractivity contribution in [2.75, 3.05) is 11.4 Å². The van der Waals surface area contributed by atoms with E-state index in [1.807, 2.05) is 0 Å². The Labute approximate surface area is 109 Å². The average molecular weight is 262 g/mol. The van der Waals surface area contributed by atoms with E-state index in [0.29, 0.717) is 12.2 Å². The second-order valence-electron chi connectivity index (χ2n) is 3.87. The number of carbonyl (C=O) groups is 1. The number of rotatable bonds is 3. The van der Waals surface area contributed by atoms with Crippen LogP contribution in [0, 0.1) is 11.8 Å². The van der Waals surface area contributed by atoms with Gasteiger partial charge >= 0.3 is 0 Å². The van der Waals surface area contributed by atoms with Crippen LogP contribution in [0.3, 0.4) is 0 Å². The van der Waals surface area contributed by atoms with Crippen molar-refractivity contribution in [1.29, 1.82) is 0 Å². The van der Waals surface area contributed by atoms with Crippen molar-refractivity contribution in [3.05, 3.63) is 59.9 Å². The van der Waals surface area contributed by atoms with Gasteiger partial charge in [0.15, 0.2) is 0 Å². The lowest BCUT2D eigenvalue weighted by Crippen LogP contribution is -2.31. The smallest absolute Gasteiger partial charge is 0.276 e. The number of amides is 1. The van der Waals surface area contributed by atoms with Gasteiger partial charge in [-0.2, -0.15) is 4.39 Å². The van der Waals surface area contributed by atoms with Crippen LogP contribution in [-0.2, 0) is 0 Å². The van der Waals surface area contributed by atoms with E-state index in [2.05, 4.69) is 4.98 Å². The highest BCUT2D eigenvalue weighted by molar-refractivity contribution is 6.04. The van der Waals surface area contributed by atoms with Crippen molar-refractivity contribution < 1.29 is 13.6 Å². The molecule has 1 aromatic heterocycles. The van der Waals surface area contributed by atoms with Gasteiger partial charge in [-0.15, -0.1) is 0 Å². The molecule has 1 aromatic carbocycles. The van der Waals surface area contributed by atoms with Crippen molar-refractivity contribution in [2.45, 2.75) is 6.92 Å². The molecular formula is C14H12F2N2O. The first kappa shape index (κ1) is 13.1. The average Bonchev–Trinajstić information content (AvgIpc) is 2.39. The monoisotopic (exact) mass is 262 g/mol. The molecule has 0 N–H and O–H groups in total. The maximum atomic E-state index is 13.2. The van der Waals surface area contributed by atoms with Gasteiger partial charge in [0.2, 0.25) is 5.95 Å². The summed E-state index contributed by atoms with van der Waals surface area (Å²) in [7, 11) is 0. The van der Waals surface area contributed by atoms with Crippen LogP contribution in [0.1, 0.15) is 17.4 Å². The zero-order chi connectivity index (χ0) is 13.8. The molecule has 0 aliphatic heterocycles. The minimum Gasteiger partial charge on any atom is -0.307 e. The third-order valence-electron chi connectivity index (χ3n) is 2.62. The zero-order valence-corrected chi connectivity index (χ0v) is 10.3. The largest absolute Gasteiger partial charge is 0.307 e. The lowest BCUT2D eigenvalue weighted by atomic mass is 10.2. The molecule has 0 spiro atoms. The summed E-state index contributed by atoms with van der Waals surface area (Å²) in [5.41, 5.74) is 0.407. The molecule has 0 saturated heterocycles. The first-order chi connectivity index (χ1) is 9.11. The van der Waals surface area contributed by atoms with E-state index in [0.717, 1.165) is 6.07 Å². The summed E-state index contributed by atoms with van der Waals surface area (Å²) in [5, 5.41) is 0. The summed E-state index contributed by atoms with van der Waals surface area (Å²) in [6.45, 7) is 2.09. The quantitative estimate of drug-likeness (QED) is 0.796. The van der Waals surface area contributed by atoms with Crippen LogP contribution < -0.4 is 4.90 Å². The molecule has 0 aliphatic rings. The first-order valence-electron chi connectivity index (χ1n) is 5.82. The Bertz CT molecular complexity index is 602. The molecule has 3 nitrogen and oxygen atoms in total. The van der Waals surface area contributed by atoms with Crippen LogP contribution in [0.5, 0.6) is 0 Å². The van der Waals surface area contributed by atoms with E-state index in [9.17, 15) is 13.6 Å². The van der Waals surface area contributed by atoms with E-state index in [-0.39, 0.29) is 5.69 Å². The Hall–Kier alpha value is -2.30. The Kier molecular flexibility index (Phi) is 3.85. The molecule has 1 heterocycles. The minimum atomic E-state index is -0.721. The molecule has 19 heavy (non-hydrogen) atoms. The summed E-state index contributed by atoms with van der Waals surface area (Å²) in [5.74, 6) is -1.62. The molecular weight excluding hydrogens is 250 g/mol. The lowest BCUT2D eigenvalue weighted by Gasteiger charge is -2.20. The van der Waals surface area contributed by atoms with Crippen LogP contribution in [0.2, 0.25) is 0 Å². The molecule has 1 amide bonds. The van der Waals surface area contributed by atoms with Crippen molar-refractivity contribution in [3.63, 3.8) is 0 Å². The SMILES string of the molecule is CCN(C(=O)c1cccc(F)n1)c1cccc(F)c1. The molecule has 0 radical (unpaired) electrons. The van der Waals surface area contributed by atoms with Gasteiger partial charge in [-0.1, -0.05) is 12.1 Å². The van der Waals surface area contributed by atoms with Crippen LogP contribution >= 0.6 is 0 Å². The second-order valence-corrected chi connectivity index (χ2v) is 3.87. The summed E-state index contributed by atoms with van der Waals surface area (Å²) in [6.07, 6.45) is 0. The summed E-state index contributed by atoms with van der Waals surface area (Å²) >= 11 is 0. The topological polar surface area (TPSA) is 33.2 Å². The van der Waals surface area contributed by atoms with Gasteiger partial charge in [-0.05, 0) is 37.3 Å². The normalized spacial score (nSPS) is 10.3. The fourth-order valence-electron chi connectivity index (χ4n) is 1.75. The number of pyridine rings is 1. The van der Waals surface area contributed by atoms with Gasteiger partial charge in [-0.3, -0.25) is 4.79 Å². The zero-order valence-electron chi connectivity index (χ0n) is 10.3. The predicted molar refractivity (Wildman–Crippen MR) is 67.9 cm³/mol. The molecule has 0 atom stereocenters. The molecule has 5 heteroatoms. The molecule has 2 rings (SSSR count). The number of hydrogen-bond donors (Lipinski definition) is 0. The number of benzene rings is 1. The number of aromatic nitrogens is 1. The van der Waals surface area contributed by atoms with Crippen LogP contribution in [0.25, 0.3) is 0 Å². The van der Waals surface area contributed by atoms with Crippen molar-refractivity contribution >= 4 is 11.6 Å². The maximum absolute atomic E-state index is 13.2. The Balaban J connectivity index is 2.34. The third kappa shape index (κ3) is 2.93. The van der Waals surface area contributed by atoms with Crippen LogP contribution in [-0.4, -0.2) is 17.4 Å².